The summed E-state index contributed by atoms with van der Waals surface area (Å²) in [5.41, 5.74) is 0.0623. The van der Waals surface area contributed by atoms with Gasteiger partial charge in [-0.3, -0.25) is 0 Å². The maximum Gasteiger partial charge on any atom is 0.447 e. The van der Waals surface area contributed by atoms with Crippen molar-refractivity contribution in [2.75, 3.05) is 19.0 Å². The number of anilines is 1. The zero-order valence-electron chi connectivity index (χ0n) is 8.78. The van der Waals surface area contributed by atoms with Gasteiger partial charge in [0.1, 0.15) is 0 Å². The van der Waals surface area contributed by atoms with Gasteiger partial charge in [0, 0.05) is 25.3 Å². The highest BCUT2D eigenvalue weighted by Gasteiger charge is 2.54. The van der Waals surface area contributed by atoms with E-state index in [2.05, 4.69) is 0 Å². The summed E-state index contributed by atoms with van der Waals surface area (Å²) in [7, 11) is 3.45. The van der Waals surface area contributed by atoms with Crippen molar-refractivity contribution in [1.82, 2.24) is 0 Å². The van der Waals surface area contributed by atoms with E-state index in [1.165, 1.54) is 12.1 Å². The van der Waals surface area contributed by atoms with Crippen LogP contribution in [0.25, 0.3) is 0 Å². The standard InChI is InChI=1S/C10H12F3NO2/c1-14(2)8-5-3-7(4-6-8)9(15,16)10(11,12)13/h3-6,15-16H,1-2H3. The zero-order valence-corrected chi connectivity index (χ0v) is 8.78. The molecule has 0 aliphatic carbocycles. The average molecular weight is 235 g/mol. The van der Waals surface area contributed by atoms with Gasteiger partial charge in [-0.25, -0.2) is 0 Å². The molecule has 0 atom stereocenters. The first-order valence-corrected chi connectivity index (χ1v) is 4.45. The second-order valence-corrected chi connectivity index (χ2v) is 3.61. The van der Waals surface area contributed by atoms with Crippen LogP contribution in [0.15, 0.2) is 24.3 Å². The summed E-state index contributed by atoms with van der Waals surface area (Å²) < 4.78 is 36.8. The fourth-order valence-electron chi connectivity index (χ4n) is 1.16. The minimum absolute atomic E-state index is 0.606. The molecule has 1 rings (SSSR count). The molecule has 1 aromatic rings. The van der Waals surface area contributed by atoms with E-state index < -0.39 is 17.5 Å². The fourth-order valence-corrected chi connectivity index (χ4v) is 1.16. The largest absolute Gasteiger partial charge is 0.447 e. The number of halogens is 3. The van der Waals surface area contributed by atoms with Gasteiger partial charge in [0.2, 0.25) is 0 Å². The monoisotopic (exact) mass is 235 g/mol. The van der Waals surface area contributed by atoms with Crippen molar-refractivity contribution in [2.45, 2.75) is 12.0 Å². The first kappa shape index (κ1) is 12.8. The Labute approximate surface area is 90.7 Å². The predicted octanol–water partition coefficient (Wildman–Crippen LogP) is 1.45. The van der Waals surface area contributed by atoms with Gasteiger partial charge in [-0.2, -0.15) is 13.2 Å². The van der Waals surface area contributed by atoms with E-state index in [0.29, 0.717) is 5.69 Å². The van der Waals surface area contributed by atoms with E-state index in [1.54, 1.807) is 19.0 Å². The Morgan fingerprint density at radius 2 is 1.44 bits per heavy atom. The van der Waals surface area contributed by atoms with Gasteiger partial charge < -0.3 is 15.1 Å². The zero-order chi connectivity index (χ0) is 12.6. The Kier molecular flexibility index (Phi) is 3.16. The molecule has 0 saturated carbocycles. The smallest absolute Gasteiger partial charge is 0.378 e. The molecule has 0 saturated heterocycles. The number of rotatable bonds is 2. The molecule has 0 aromatic heterocycles. The molecule has 16 heavy (non-hydrogen) atoms. The van der Waals surface area contributed by atoms with Crippen LogP contribution < -0.4 is 4.90 Å². The van der Waals surface area contributed by atoms with Crippen LogP contribution in [-0.4, -0.2) is 30.5 Å². The lowest BCUT2D eigenvalue weighted by Gasteiger charge is -2.25. The summed E-state index contributed by atoms with van der Waals surface area (Å²) in [6, 6.07) is 4.82. The lowest BCUT2D eigenvalue weighted by Crippen LogP contribution is -2.41. The van der Waals surface area contributed by atoms with Crippen molar-refractivity contribution in [3.05, 3.63) is 29.8 Å². The molecular weight excluding hydrogens is 223 g/mol. The molecule has 0 aliphatic heterocycles. The Morgan fingerprint density at radius 3 is 1.75 bits per heavy atom. The highest BCUT2D eigenvalue weighted by atomic mass is 19.4. The van der Waals surface area contributed by atoms with Crippen molar-refractivity contribution in [3.8, 4) is 0 Å². The Morgan fingerprint density at radius 1 is 1.00 bits per heavy atom. The average Bonchev–Trinajstić information content (AvgIpc) is 2.16. The summed E-state index contributed by atoms with van der Waals surface area (Å²) in [6.45, 7) is 0. The van der Waals surface area contributed by atoms with Gasteiger partial charge >= 0.3 is 6.18 Å². The van der Waals surface area contributed by atoms with Crippen molar-refractivity contribution >= 4 is 5.69 Å². The SMILES string of the molecule is CN(C)c1ccc(C(O)(O)C(F)(F)F)cc1. The van der Waals surface area contributed by atoms with Crippen molar-refractivity contribution in [1.29, 1.82) is 0 Å². The maximum atomic E-state index is 12.3. The summed E-state index contributed by atoms with van der Waals surface area (Å²) in [4.78, 5) is 1.69. The van der Waals surface area contributed by atoms with Crippen LogP contribution in [0.2, 0.25) is 0 Å². The van der Waals surface area contributed by atoms with Crippen LogP contribution in [0.4, 0.5) is 18.9 Å². The molecule has 0 heterocycles. The van der Waals surface area contributed by atoms with E-state index >= 15 is 0 Å². The van der Waals surface area contributed by atoms with Crippen molar-refractivity contribution in [2.24, 2.45) is 0 Å². The minimum Gasteiger partial charge on any atom is -0.378 e. The lowest BCUT2D eigenvalue weighted by molar-refractivity contribution is -0.358. The van der Waals surface area contributed by atoms with Gasteiger partial charge in [0.15, 0.2) is 0 Å². The van der Waals surface area contributed by atoms with Crippen LogP contribution in [0.5, 0.6) is 0 Å². The molecule has 2 N–H and O–H groups in total. The van der Waals surface area contributed by atoms with Crippen LogP contribution in [0, 0.1) is 0 Å². The number of benzene rings is 1. The minimum atomic E-state index is -5.12. The molecule has 0 fully saturated rings. The Hall–Kier alpha value is -1.27. The normalized spacial score (nSPS) is 12.7. The molecule has 0 spiro atoms. The van der Waals surface area contributed by atoms with E-state index in [0.717, 1.165) is 12.1 Å². The highest BCUT2D eigenvalue weighted by Crippen LogP contribution is 2.36. The molecular formula is C10H12F3NO2. The van der Waals surface area contributed by atoms with Gasteiger partial charge in [-0.15, -0.1) is 0 Å². The van der Waals surface area contributed by atoms with Crippen molar-refractivity contribution < 1.29 is 23.4 Å². The number of hydrogen-bond acceptors (Lipinski definition) is 3. The molecule has 0 radical (unpaired) electrons. The molecule has 0 bridgehead atoms. The van der Waals surface area contributed by atoms with Crippen LogP contribution in [0.3, 0.4) is 0 Å². The van der Waals surface area contributed by atoms with Gasteiger partial charge in [0.25, 0.3) is 5.79 Å². The van der Waals surface area contributed by atoms with E-state index in [1.807, 2.05) is 0 Å². The van der Waals surface area contributed by atoms with E-state index in [-0.39, 0.29) is 0 Å². The summed E-state index contributed by atoms with van der Waals surface area (Å²) in [5, 5.41) is 17.9. The second kappa shape index (κ2) is 3.95. The number of hydrogen-bond donors (Lipinski definition) is 2. The molecule has 90 valence electrons. The summed E-state index contributed by atoms with van der Waals surface area (Å²) in [6.07, 6.45) is -5.12. The quantitative estimate of drug-likeness (QED) is 0.762. The van der Waals surface area contributed by atoms with Gasteiger partial charge in [-0.05, 0) is 12.1 Å². The van der Waals surface area contributed by atoms with Gasteiger partial charge in [-0.1, -0.05) is 12.1 Å². The topological polar surface area (TPSA) is 43.7 Å². The summed E-state index contributed by atoms with van der Waals surface area (Å²) >= 11 is 0. The van der Waals surface area contributed by atoms with Crippen LogP contribution in [-0.2, 0) is 5.79 Å². The van der Waals surface area contributed by atoms with Crippen LogP contribution >= 0.6 is 0 Å². The third-order valence-electron chi connectivity index (χ3n) is 2.18. The first-order valence-electron chi connectivity index (χ1n) is 4.45. The number of aliphatic hydroxyl groups is 2. The van der Waals surface area contributed by atoms with Crippen molar-refractivity contribution in [3.63, 3.8) is 0 Å². The predicted molar refractivity (Wildman–Crippen MR) is 52.9 cm³/mol. The summed E-state index contributed by atoms with van der Waals surface area (Å²) in [5.74, 6) is -3.81. The Balaban J connectivity index is 3.07. The van der Waals surface area contributed by atoms with Crippen LogP contribution in [0.1, 0.15) is 5.56 Å². The highest BCUT2D eigenvalue weighted by molar-refractivity contribution is 5.46. The Bertz CT molecular complexity index is 357. The van der Waals surface area contributed by atoms with E-state index in [4.69, 9.17) is 10.2 Å². The molecule has 0 amide bonds. The molecule has 0 aliphatic rings. The first-order chi connectivity index (χ1) is 7.16. The van der Waals surface area contributed by atoms with E-state index in [9.17, 15) is 13.2 Å². The maximum absolute atomic E-state index is 12.3. The molecule has 0 unspecified atom stereocenters. The fraction of sp³-hybridized carbons (Fsp3) is 0.400. The molecule has 6 heteroatoms. The number of nitrogens with zero attached hydrogens (tertiary/aromatic N) is 1. The third kappa shape index (κ3) is 2.28. The molecule has 1 aromatic carbocycles. The molecule has 3 nitrogen and oxygen atoms in total. The van der Waals surface area contributed by atoms with Gasteiger partial charge in [0.05, 0.1) is 0 Å². The lowest BCUT2D eigenvalue weighted by atomic mass is 10.1. The second-order valence-electron chi connectivity index (χ2n) is 3.61. The third-order valence-corrected chi connectivity index (χ3v) is 2.18. The number of alkyl halides is 3.